The molecular formula is C22H16BrF2NO5. The normalized spacial score (nSPS) is 10.6. The van der Waals surface area contributed by atoms with Crippen LogP contribution in [0.4, 0.5) is 8.78 Å². The van der Waals surface area contributed by atoms with Gasteiger partial charge in [0.1, 0.15) is 33.2 Å². The minimum Gasteiger partial charge on any atom is -0.507 e. The Bertz CT molecular complexity index is 1160. The number of ether oxygens (including phenoxy) is 1. The van der Waals surface area contributed by atoms with Crippen molar-refractivity contribution in [1.82, 2.24) is 5.32 Å². The smallest absolute Gasteiger partial charge is 0.341 e. The Kier molecular flexibility index (Phi) is 6.55. The summed E-state index contributed by atoms with van der Waals surface area (Å²) in [5.41, 5.74) is 0.245. The summed E-state index contributed by atoms with van der Waals surface area (Å²) in [7, 11) is 1.12. The van der Waals surface area contributed by atoms with Crippen molar-refractivity contribution >= 4 is 27.8 Å². The van der Waals surface area contributed by atoms with Crippen LogP contribution in [0.1, 0.15) is 26.3 Å². The fourth-order valence-electron chi connectivity index (χ4n) is 2.94. The van der Waals surface area contributed by atoms with Gasteiger partial charge in [0.15, 0.2) is 0 Å². The van der Waals surface area contributed by atoms with Crippen LogP contribution in [0.5, 0.6) is 11.5 Å². The molecule has 3 N–H and O–H groups in total. The lowest BCUT2D eigenvalue weighted by molar-refractivity contribution is 0.0596. The van der Waals surface area contributed by atoms with E-state index in [2.05, 4.69) is 26.0 Å². The molecule has 0 heterocycles. The molecule has 3 aromatic rings. The number of carbonyl (C=O) groups is 2. The Morgan fingerprint density at radius 3 is 2.32 bits per heavy atom. The van der Waals surface area contributed by atoms with E-state index in [4.69, 9.17) is 0 Å². The number of rotatable bonds is 5. The molecule has 0 saturated heterocycles. The summed E-state index contributed by atoms with van der Waals surface area (Å²) in [6.07, 6.45) is 0. The molecule has 0 aliphatic rings. The molecule has 160 valence electrons. The minimum atomic E-state index is -0.883. The van der Waals surface area contributed by atoms with Crippen molar-refractivity contribution in [3.05, 3.63) is 81.3 Å². The van der Waals surface area contributed by atoms with Crippen LogP contribution in [0.15, 0.2) is 53.0 Å². The van der Waals surface area contributed by atoms with Crippen LogP contribution in [-0.2, 0) is 11.3 Å². The maximum Gasteiger partial charge on any atom is 0.341 e. The highest BCUT2D eigenvalue weighted by Crippen LogP contribution is 2.34. The second-order valence-electron chi connectivity index (χ2n) is 6.47. The standard InChI is InChI=1S/C22H16BrF2NO5/c1-31-22(30)19-14(3-2-4-15(19)24)11-5-6-12(16(25)7-11)10-26-21(29)13-8-17(27)20(23)18(28)9-13/h2-9,27-28H,10H2,1H3,(H,26,29). The number of phenols is 2. The highest BCUT2D eigenvalue weighted by molar-refractivity contribution is 9.10. The van der Waals surface area contributed by atoms with Gasteiger partial charge in [-0.1, -0.05) is 24.3 Å². The molecule has 31 heavy (non-hydrogen) atoms. The van der Waals surface area contributed by atoms with Gasteiger partial charge in [0, 0.05) is 17.7 Å². The van der Waals surface area contributed by atoms with Crippen molar-refractivity contribution in [3.8, 4) is 22.6 Å². The van der Waals surface area contributed by atoms with Crippen LogP contribution in [0.2, 0.25) is 0 Å². The van der Waals surface area contributed by atoms with E-state index >= 15 is 0 Å². The average molecular weight is 492 g/mol. The van der Waals surface area contributed by atoms with Gasteiger partial charge in [-0.3, -0.25) is 4.79 Å². The van der Waals surface area contributed by atoms with Crippen LogP contribution in [0, 0.1) is 11.6 Å². The molecular weight excluding hydrogens is 476 g/mol. The van der Waals surface area contributed by atoms with Crippen molar-refractivity contribution in [2.75, 3.05) is 7.11 Å². The monoisotopic (exact) mass is 491 g/mol. The molecule has 0 unspecified atom stereocenters. The highest BCUT2D eigenvalue weighted by atomic mass is 79.9. The molecule has 9 heteroatoms. The number of aromatic hydroxyl groups is 2. The van der Waals surface area contributed by atoms with Crippen LogP contribution in [0.25, 0.3) is 11.1 Å². The summed E-state index contributed by atoms with van der Waals surface area (Å²) < 4.78 is 33.4. The molecule has 0 aliphatic heterocycles. The predicted octanol–water partition coefficient (Wildman–Crippen LogP) is 4.52. The molecule has 6 nitrogen and oxygen atoms in total. The second-order valence-corrected chi connectivity index (χ2v) is 7.26. The summed E-state index contributed by atoms with van der Waals surface area (Å²) >= 11 is 2.96. The Morgan fingerprint density at radius 1 is 1.03 bits per heavy atom. The molecule has 0 aliphatic carbocycles. The number of nitrogens with one attached hydrogen (secondary N) is 1. The van der Waals surface area contributed by atoms with E-state index in [1.54, 1.807) is 0 Å². The van der Waals surface area contributed by atoms with Crippen molar-refractivity contribution in [3.63, 3.8) is 0 Å². The zero-order valence-electron chi connectivity index (χ0n) is 16.1. The first-order chi connectivity index (χ1) is 14.7. The van der Waals surface area contributed by atoms with Gasteiger partial charge in [0.05, 0.1) is 7.11 Å². The lowest BCUT2D eigenvalue weighted by atomic mass is 9.98. The average Bonchev–Trinajstić information content (AvgIpc) is 2.75. The van der Waals surface area contributed by atoms with Crippen molar-refractivity contribution in [1.29, 1.82) is 0 Å². The third-order valence-electron chi connectivity index (χ3n) is 4.50. The number of hydrogen-bond acceptors (Lipinski definition) is 5. The topological polar surface area (TPSA) is 95.9 Å². The van der Waals surface area contributed by atoms with Crippen LogP contribution in [-0.4, -0.2) is 29.2 Å². The molecule has 0 saturated carbocycles. The van der Waals surface area contributed by atoms with Crippen LogP contribution in [0.3, 0.4) is 0 Å². The van der Waals surface area contributed by atoms with E-state index in [1.807, 2.05) is 0 Å². The first-order valence-corrected chi connectivity index (χ1v) is 9.67. The summed E-state index contributed by atoms with van der Waals surface area (Å²) in [6.45, 7) is -0.185. The lowest BCUT2D eigenvalue weighted by Gasteiger charge is -2.12. The molecule has 0 spiro atoms. The Hall–Kier alpha value is -3.46. The molecule has 1 amide bonds. The third kappa shape index (κ3) is 4.66. The number of esters is 1. The van der Waals surface area contributed by atoms with Crippen molar-refractivity contribution in [2.45, 2.75) is 6.54 Å². The van der Waals surface area contributed by atoms with E-state index in [1.165, 1.54) is 24.3 Å². The SMILES string of the molecule is COC(=O)c1c(F)cccc1-c1ccc(CNC(=O)c2cc(O)c(Br)c(O)c2)c(F)c1. The largest absolute Gasteiger partial charge is 0.507 e. The van der Waals surface area contributed by atoms with Gasteiger partial charge in [0.25, 0.3) is 5.91 Å². The van der Waals surface area contributed by atoms with E-state index in [0.717, 1.165) is 31.4 Å². The molecule has 0 atom stereocenters. The third-order valence-corrected chi connectivity index (χ3v) is 5.32. The summed E-state index contributed by atoms with van der Waals surface area (Å²) in [4.78, 5) is 24.2. The highest BCUT2D eigenvalue weighted by Gasteiger charge is 2.19. The summed E-state index contributed by atoms with van der Waals surface area (Å²) in [6, 6.07) is 10.3. The molecule has 3 rings (SSSR count). The fourth-order valence-corrected chi connectivity index (χ4v) is 3.16. The lowest BCUT2D eigenvalue weighted by Crippen LogP contribution is -2.23. The predicted molar refractivity (Wildman–Crippen MR) is 112 cm³/mol. The minimum absolute atomic E-state index is 0.0160. The first-order valence-electron chi connectivity index (χ1n) is 8.88. The van der Waals surface area contributed by atoms with E-state index in [9.17, 15) is 28.6 Å². The number of halogens is 3. The van der Waals surface area contributed by atoms with Crippen molar-refractivity contribution in [2.24, 2.45) is 0 Å². The van der Waals surface area contributed by atoms with E-state index < -0.39 is 23.5 Å². The van der Waals surface area contributed by atoms with E-state index in [0.29, 0.717) is 0 Å². The zero-order chi connectivity index (χ0) is 22.7. The van der Waals surface area contributed by atoms with Gasteiger partial charge in [0.2, 0.25) is 0 Å². The van der Waals surface area contributed by atoms with Crippen LogP contribution < -0.4 is 5.32 Å². The van der Waals surface area contributed by atoms with Gasteiger partial charge in [-0.15, -0.1) is 0 Å². The number of phenolic OH excluding ortho intramolecular Hbond substituents is 2. The van der Waals surface area contributed by atoms with Gasteiger partial charge in [-0.05, 0) is 51.3 Å². The maximum atomic E-state index is 14.6. The second kappa shape index (κ2) is 9.13. The van der Waals surface area contributed by atoms with Gasteiger partial charge >= 0.3 is 5.97 Å². The van der Waals surface area contributed by atoms with Crippen molar-refractivity contribution < 1.29 is 33.3 Å². The molecule has 3 aromatic carbocycles. The number of methoxy groups -OCH3 is 1. The number of carbonyl (C=O) groups excluding carboxylic acids is 2. The molecule has 0 fully saturated rings. The van der Waals surface area contributed by atoms with Gasteiger partial charge in [-0.2, -0.15) is 0 Å². The first kappa shape index (κ1) is 22.2. The summed E-state index contributed by atoms with van der Waals surface area (Å²) in [5, 5.41) is 21.9. The molecule has 0 aromatic heterocycles. The molecule has 0 bridgehead atoms. The molecule has 0 radical (unpaired) electrons. The number of benzene rings is 3. The Morgan fingerprint density at radius 2 is 1.71 bits per heavy atom. The quantitative estimate of drug-likeness (QED) is 0.456. The number of hydrogen-bond donors (Lipinski definition) is 3. The fraction of sp³-hybridized carbons (Fsp3) is 0.0909. The van der Waals surface area contributed by atoms with Gasteiger partial charge in [-0.25, -0.2) is 13.6 Å². The van der Waals surface area contributed by atoms with Gasteiger partial charge < -0.3 is 20.3 Å². The van der Waals surface area contributed by atoms with E-state index in [-0.39, 0.29) is 50.3 Å². The zero-order valence-corrected chi connectivity index (χ0v) is 17.7. The summed E-state index contributed by atoms with van der Waals surface area (Å²) in [5.74, 6) is -3.64. The van der Waals surface area contributed by atoms with Crippen LogP contribution >= 0.6 is 15.9 Å². The maximum absolute atomic E-state index is 14.6. The Labute approximate surface area is 184 Å². The number of amides is 1. The Balaban J connectivity index is 1.82.